The molecule has 0 heterocycles. The maximum Gasteiger partial charge on any atom is 0.256 e. The lowest BCUT2D eigenvalue weighted by molar-refractivity contribution is 0.0722. The van der Waals surface area contributed by atoms with E-state index in [0.29, 0.717) is 23.6 Å². The van der Waals surface area contributed by atoms with Crippen LogP contribution in [0.4, 0.5) is 5.69 Å². The molecule has 1 rings (SSSR count). The van der Waals surface area contributed by atoms with E-state index in [9.17, 15) is 4.79 Å². The maximum atomic E-state index is 12.5. The summed E-state index contributed by atoms with van der Waals surface area (Å²) < 4.78 is 10.3. The summed E-state index contributed by atoms with van der Waals surface area (Å²) in [5, 5.41) is 9.06. The zero-order chi connectivity index (χ0) is 15.1. The second-order valence-corrected chi connectivity index (χ2v) is 4.31. The number of anilines is 1. The van der Waals surface area contributed by atoms with Crippen molar-refractivity contribution in [3.8, 4) is 11.5 Å². The van der Waals surface area contributed by atoms with E-state index in [2.05, 4.69) is 0 Å². The van der Waals surface area contributed by atoms with Gasteiger partial charge in [-0.2, -0.15) is 0 Å². The smallest absolute Gasteiger partial charge is 0.256 e. The number of aliphatic hydroxyl groups is 1. The highest BCUT2D eigenvalue weighted by molar-refractivity contribution is 6.01. The van der Waals surface area contributed by atoms with E-state index in [0.717, 1.165) is 6.42 Å². The first-order valence-electron chi connectivity index (χ1n) is 6.50. The third kappa shape index (κ3) is 3.54. The Morgan fingerprint density at radius 2 is 2.00 bits per heavy atom. The topological polar surface area (TPSA) is 85.0 Å². The zero-order valence-electron chi connectivity index (χ0n) is 12.2. The molecule has 0 saturated heterocycles. The molecule has 6 heteroatoms. The van der Waals surface area contributed by atoms with Gasteiger partial charge >= 0.3 is 0 Å². The summed E-state index contributed by atoms with van der Waals surface area (Å²) in [7, 11) is 2.99. The van der Waals surface area contributed by atoms with Gasteiger partial charge in [-0.05, 0) is 12.5 Å². The molecule has 0 saturated carbocycles. The average molecular weight is 282 g/mol. The molecule has 0 unspecified atom stereocenters. The second kappa shape index (κ2) is 7.59. The lowest BCUT2D eigenvalue weighted by atomic mass is 10.1. The van der Waals surface area contributed by atoms with Crippen molar-refractivity contribution in [2.75, 3.05) is 39.6 Å². The van der Waals surface area contributed by atoms with Crippen molar-refractivity contribution in [3.63, 3.8) is 0 Å². The molecule has 1 amide bonds. The highest BCUT2D eigenvalue weighted by Crippen LogP contribution is 2.31. The molecule has 3 N–H and O–H groups in total. The first kappa shape index (κ1) is 16.1. The molecule has 0 aliphatic heterocycles. The predicted octanol–water partition coefficient (Wildman–Crippen LogP) is 1.13. The number of nitrogens with two attached hydrogens (primary N) is 1. The summed E-state index contributed by atoms with van der Waals surface area (Å²) in [5.74, 6) is 0.656. The number of ether oxygens (including phenoxy) is 2. The number of carbonyl (C=O) groups excluding carboxylic acids is 1. The first-order chi connectivity index (χ1) is 9.58. The number of hydrogen-bond acceptors (Lipinski definition) is 5. The van der Waals surface area contributed by atoms with Crippen molar-refractivity contribution in [2.45, 2.75) is 13.3 Å². The largest absolute Gasteiger partial charge is 0.497 e. The van der Waals surface area contributed by atoms with Crippen molar-refractivity contribution in [1.29, 1.82) is 0 Å². The molecule has 0 fully saturated rings. The number of rotatable bonds is 7. The Labute approximate surface area is 119 Å². The number of nitrogen functional groups attached to an aromatic ring is 1. The Kier molecular flexibility index (Phi) is 6.11. The molecular formula is C14H22N2O4. The minimum Gasteiger partial charge on any atom is -0.497 e. The minimum atomic E-state index is -0.240. The summed E-state index contributed by atoms with van der Waals surface area (Å²) in [4.78, 5) is 14.1. The van der Waals surface area contributed by atoms with Crippen LogP contribution < -0.4 is 15.2 Å². The number of benzene rings is 1. The van der Waals surface area contributed by atoms with Gasteiger partial charge < -0.3 is 25.2 Å². The number of methoxy groups -OCH3 is 2. The fourth-order valence-corrected chi connectivity index (χ4v) is 1.94. The van der Waals surface area contributed by atoms with E-state index in [-0.39, 0.29) is 24.7 Å². The summed E-state index contributed by atoms with van der Waals surface area (Å²) >= 11 is 0. The fourth-order valence-electron chi connectivity index (χ4n) is 1.94. The normalized spacial score (nSPS) is 10.2. The molecule has 112 valence electrons. The molecule has 0 radical (unpaired) electrons. The molecule has 0 atom stereocenters. The zero-order valence-corrected chi connectivity index (χ0v) is 12.2. The van der Waals surface area contributed by atoms with Crippen LogP contribution in [0.3, 0.4) is 0 Å². The van der Waals surface area contributed by atoms with Crippen molar-refractivity contribution in [1.82, 2.24) is 4.90 Å². The Morgan fingerprint density at radius 3 is 2.50 bits per heavy atom. The van der Waals surface area contributed by atoms with Gasteiger partial charge in [-0.15, -0.1) is 0 Å². The van der Waals surface area contributed by atoms with E-state index in [1.165, 1.54) is 14.2 Å². The van der Waals surface area contributed by atoms with Crippen LogP contribution in [-0.4, -0.2) is 49.8 Å². The fraction of sp³-hybridized carbons (Fsp3) is 0.500. The van der Waals surface area contributed by atoms with E-state index in [1.54, 1.807) is 17.0 Å². The molecule has 20 heavy (non-hydrogen) atoms. The molecule has 0 spiro atoms. The summed E-state index contributed by atoms with van der Waals surface area (Å²) in [6.45, 7) is 2.70. The quantitative estimate of drug-likeness (QED) is 0.732. The monoisotopic (exact) mass is 282 g/mol. The number of carbonyl (C=O) groups is 1. The van der Waals surface area contributed by atoms with Gasteiger partial charge in [0.15, 0.2) is 0 Å². The maximum absolute atomic E-state index is 12.5. The second-order valence-electron chi connectivity index (χ2n) is 4.31. The minimum absolute atomic E-state index is 0.0905. The van der Waals surface area contributed by atoms with Gasteiger partial charge in [-0.25, -0.2) is 0 Å². The van der Waals surface area contributed by atoms with Crippen molar-refractivity contribution >= 4 is 11.6 Å². The Hall–Kier alpha value is -1.95. The van der Waals surface area contributed by atoms with E-state index >= 15 is 0 Å². The van der Waals surface area contributed by atoms with E-state index in [1.807, 2.05) is 6.92 Å². The highest BCUT2D eigenvalue weighted by atomic mass is 16.5. The summed E-state index contributed by atoms with van der Waals surface area (Å²) in [6.07, 6.45) is 0.798. The number of aliphatic hydroxyl groups excluding tert-OH is 1. The van der Waals surface area contributed by atoms with Crippen molar-refractivity contribution < 1.29 is 19.4 Å². The predicted molar refractivity (Wildman–Crippen MR) is 77.2 cm³/mol. The van der Waals surface area contributed by atoms with Crippen LogP contribution in [0.2, 0.25) is 0 Å². The van der Waals surface area contributed by atoms with Gasteiger partial charge in [0.05, 0.1) is 32.1 Å². The number of hydrogen-bond donors (Lipinski definition) is 2. The van der Waals surface area contributed by atoms with Crippen LogP contribution in [0.1, 0.15) is 23.7 Å². The van der Waals surface area contributed by atoms with E-state index in [4.69, 9.17) is 20.3 Å². The van der Waals surface area contributed by atoms with Gasteiger partial charge in [0.25, 0.3) is 5.91 Å². The van der Waals surface area contributed by atoms with Gasteiger partial charge in [-0.3, -0.25) is 4.79 Å². The van der Waals surface area contributed by atoms with Crippen LogP contribution >= 0.6 is 0 Å². The Bertz CT molecular complexity index is 457. The lowest BCUT2D eigenvalue weighted by Crippen LogP contribution is -2.34. The Balaban J connectivity index is 3.18. The SMILES string of the molecule is CCCN(CCO)C(=O)c1cc(OC)cc(OC)c1N. The Morgan fingerprint density at radius 1 is 1.30 bits per heavy atom. The molecule has 1 aromatic carbocycles. The summed E-state index contributed by atoms with van der Waals surface area (Å²) in [5.41, 5.74) is 6.56. The lowest BCUT2D eigenvalue weighted by Gasteiger charge is -2.22. The summed E-state index contributed by atoms with van der Waals surface area (Å²) in [6, 6.07) is 3.21. The molecule has 0 aliphatic rings. The number of nitrogens with zero attached hydrogens (tertiary/aromatic N) is 1. The van der Waals surface area contributed by atoms with Gasteiger partial charge in [0.2, 0.25) is 0 Å². The molecule has 0 aliphatic carbocycles. The van der Waals surface area contributed by atoms with Crippen LogP contribution in [0.15, 0.2) is 12.1 Å². The standard InChI is InChI=1S/C14H22N2O4/c1-4-5-16(6-7-17)14(18)11-8-10(19-2)9-12(20-3)13(11)15/h8-9,17H,4-7,15H2,1-3H3. The molecule has 0 aromatic heterocycles. The molecule has 0 bridgehead atoms. The van der Waals surface area contributed by atoms with Gasteiger partial charge in [0, 0.05) is 19.2 Å². The third-order valence-corrected chi connectivity index (χ3v) is 2.95. The molecule has 1 aromatic rings. The van der Waals surface area contributed by atoms with Crippen LogP contribution in [-0.2, 0) is 0 Å². The van der Waals surface area contributed by atoms with Gasteiger partial charge in [0.1, 0.15) is 11.5 Å². The average Bonchev–Trinajstić information content (AvgIpc) is 2.46. The number of amides is 1. The van der Waals surface area contributed by atoms with Crippen LogP contribution in [0.25, 0.3) is 0 Å². The van der Waals surface area contributed by atoms with Crippen LogP contribution in [0.5, 0.6) is 11.5 Å². The molecular weight excluding hydrogens is 260 g/mol. The van der Waals surface area contributed by atoms with Crippen LogP contribution in [0, 0.1) is 0 Å². The third-order valence-electron chi connectivity index (χ3n) is 2.95. The highest BCUT2D eigenvalue weighted by Gasteiger charge is 2.20. The van der Waals surface area contributed by atoms with Gasteiger partial charge in [-0.1, -0.05) is 6.92 Å². The van der Waals surface area contributed by atoms with Crippen molar-refractivity contribution in [2.24, 2.45) is 0 Å². The van der Waals surface area contributed by atoms with E-state index < -0.39 is 0 Å². The first-order valence-corrected chi connectivity index (χ1v) is 6.50. The molecule has 6 nitrogen and oxygen atoms in total. The van der Waals surface area contributed by atoms with Crippen molar-refractivity contribution in [3.05, 3.63) is 17.7 Å².